The number of sulfonamides is 1. The van der Waals surface area contributed by atoms with E-state index in [0.717, 1.165) is 39.9 Å². The molecular weight excluding hydrogens is 357 g/mol. The summed E-state index contributed by atoms with van der Waals surface area (Å²) < 4.78 is 38.3. The predicted octanol–water partition coefficient (Wildman–Crippen LogP) is 1.74. The number of carbonyl (C=O) groups excluding carboxylic acids is 2. The molecule has 24 heavy (non-hydrogen) atoms. The quantitative estimate of drug-likeness (QED) is 0.780. The van der Waals surface area contributed by atoms with Crippen LogP contribution in [0.2, 0.25) is 0 Å². The van der Waals surface area contributed by atoms with Crippen molar-refractivity contribution < 1.29 is 22.4 Å². The van der Waals surface area contributed by atoms with Gasteiger partial charge < -0.3 is 5.32 Å². The Hall–Kier alpha value is -2.17. The zero-order valence-corrected chi connectivity index (χ0v) is 14.4. The Morgan fingerprint density at radius 1 is 1.29 bits per heavy atom. The molecule has 0 saturated heterocycles. The Balaban J connectivity index is 2.04. The molecule has 0 atom stereocenters. The van der Waals surface area contributed by atoms with Crippen molar-refractivity contribution in [1.82, 2.24) is 9.29 Å². The Kier molecular flexibility index (Phi) is 5.42. The number of halogens is 1. The SMILES string of the molecule is CC(=O)c1csc(NC(=O)CN(C)S(=O)(=O)c2ccc(F)cc2)n1. The number of carbonyl (C=O) groups is 2. The van der Waals surface area contributed by atoms with Crippen LogP contribution in [0.1, 0.15) is 17.4 Å². The van der Waals surface area contributed by atoms with Crippen LogP contribution in [-0.4, -0.2) is 43.0 Å². The summed E-state index contributed by atoms with van der Waals surface area (Å²) in [6.07, 6.45) is 0. The summed E-state index contributed by atoms with van der Waals surface area (Å²) in [4.78, 5) is 26.9. The number of rotatable bonds is 6. The molecule has 10 heteroatoms. The lowest BCUT2D eigenvalue weighted by molar-refractivity contribution is -0.116. The first kappa shape index (κ1) is 18.2. The first-order valence-electron chi connectivity index (χ1n) is 6.68. The molecule has 1 aromatic heterocycles. The molecule has 128 valence electrons. The summed E-state index contributed by atoms with van der Waals surface area (Å²) >= 11 is 1.07. The van der Waals surface area contributed by atoms with E-state index in [9.17, 15) is 22.4 Å². The van der Waals surface area contributed by atoms with Crippen LogP contribution in [0.5, 0.6) is 0 Å². The van der Waals surface area contributed by atoms with Crippen LogP contribution in [0, 0.1) is 5.82 Å². The third-order valence-corrected chi connectivity index (χ3v) is 5.57. The average molecular weight is 371 g/mol. The van der Waals surface area contributed by atoms with E-state index in [-0.39, 0.29) is 21.5 Å². The number of benzene rings is 1. The minimum Gasteiger partial charge on any atom is -0.301 e. The number of Topliss-reactive ketones (excluding diaryl/α,β-unsaturated/α-hetero) is 1. The predicted molar refractivity (Wildman–Crippen MR) is 87.0 cm³/mol. The number of likely N-dealkylation sites (N-methyl/N-ethyl adjacent to an activating group) is 1. The molecule has 1 N–H and O–H groups in total. The largest absolute Gasteiger partial charge is 0.301 e. The maximum atomic E-state index is 12.9. The van der Waals surface area contributed by atoms with Crippen molar-refractivity contribution in [3.05, 3.63) is 41.2 Å². The molecule has 0 bridgehead atoms. The summed E-state index contributed by atoms with van der Waals surface area (Å²) in [6.45, 7) is 0.901. The average Bonchev–Trinajstić information content (AvgIpc) is 2.96. The van der Waals surface area contributed by atoms with E-state index in [2.05, 4.69) is 10.3 Å². The van der Waals surface area contributed by atoms with Crippen molar-refractivity contribution in [2.24, 2.45) is 0 Å². The Morgan fingerprint density at radius 3 is 2.46 bits per heavy atom. The van der Waals surface area contributed by atoms with Crippen molar-refractivity contribution >= 4 is 38.2 Å². The summed E-state index contributed by atoms with van der Waals surface area (Å²) in [5, 5.41) is 4.13. The Labute approximate surface area is 142 Å². The van der Waals surface area contributed by atoms with Gasteiger partial charge in [-0.25, -0.2) is 17.8 Å². The van der Waals surface area contributed by atoms with Crippen LogP contribution < -0.4 is 5.32 Å². The van der Waals surface area contributed by atoms with Gasteiger partial charge in [-0.2, -0.15) is 4.31 Å². The number of ketones is 1. The van der Waals surface area contributed by atoms with Gasteiger partial charge in [0, 0.05) is 19.4 Å². The highest BCUT2D eigenvalue weighted by Gasteiger charge is 2.23. The lowest BCUT2D eigenvalue weighted by atomic mass is 10.4. The molecule has 0 aliphatic carbocycles. The fourth-order valence-electron chi connectivity index (χ4n) is 1.73. The number of thiazole rings is 1. The molecule has 0 aliphatic rings. The van der Waals surface area contributed by atoms with E-state index in [0.29, 0.717) is 0 Å². The number of hydrogen-bond acceptors (Lipinski definition) is 6. The third-order valence-electron chi connectivity index (χ3n) is 3.00. The second kappa shape index (κ2) is 7.16. The topological polar surface area (TPSA) is 96.4 Å². The van der Waals surface area contributed by atoms with Gasteiger partial charge in [-0.3, -0.25) is 9.59 Å². The molecule has 0 aliphatic heterocycles. The van der Waals surface area contributed by atoms with Crippen molar-refractivity contribution in [2.45, 2.75) is 11.8 Å². The van der Waals surface area contributed by atoms with Crippen LogP contribution in [0.4, 0.5) is 9.52 Å². The molecule has 0 unspecified atom stereocenters. The molecule has 2 aromatic rings. The second-order valence-electron chi connectivity index (χ2n) is 4.86. The number of nitrogens with zero attached hydrogens (tertiary/aromatic N) is 2. The van der Waals surface area contributed by atoms with E-state index in [1.165, 1.54) is 19.4 Å². The van der Waals surface area contributed by atoms with E-state index in [1.807, 2.05) is 0 Å². The molecule has 7 nitrogen and oxygen atoms in total. The first-order valence-corrected chi connectivity index (χ1v) is 9.00. The fraction of sp³-hybridized carbons (Fsp3) is 0.214. The van der Waals surface area contributed by atoms with E-state index in [4.69, 9.17) is 0 Å². The molecule has 2 rings (SSSR count). The maximum absolute atomic E-state index is 12.9. The number of nitrogens with one attached hydrogen (secondary N) is 1. The monoisotopic (exact) mass is 371 g/mol. The van der Waals surface area contributed by atoms with Gasteiger partial charge in [0.2, 0.25) is 15.9 Å². The first-order chi connectivity index (χ1) is 11.2. The molecule has 1 heterocycles. The standard InChI is InChI=1S/C14H14FN3O4S2/c1-9(19)12-8-23-14(16-12)17-13(20)7-18(2)24(21,22)11-5-3-10(15)4-6-11/h3-6,8H,7H2,1-2H3,(H,16,17,20). The Morgan fingerprint density at radius 2 is 1.92 bits per heavy atom. The van der Waals surface area contributed by atoms with E-state index in [1.54, 1.807) is 0 Å². The van der Waals surface area contributed by atoms with Gasteiger partial charge in [0.05, 0.1) is 11.4 Å². The van der Waals surface area contributed by atoms with Crippen molar-refractivity contribution in [3.8, 4) is 0 Å². The highest BCUT2D eigenvalue weighted by Crippen LogP contribution is 2.17. The minimum atomic E-state index is -3.92. The van der Waals surface area contributed by atoms with Crippen molar-refractivity contribution in [3.63, 3.8) is 0 Å². The number of anilines is 1. The maximum Gasteiger partial charge on any atom is 0.243 e. The summed E-state index contributed by atoms with van der Waals surface area (Å²) in [5.74, 6) is -1.39. The molecule has 0 saturated carbocycles. The Bertz CT molecular complexity index is 862. The molecule has 1 amide bonds. The minimum absolute atomic E-state index is 0.118. The van der Waals surface area contributed by atoms with Gasteiger partial charge in [-0.05, 0) is 24.3 Å². The molecular formula is C14H14FN3O4S2. The van der Waals surface area contributed by atoms with Crippen LogP contribution in [0.25, 0.3) is 0 Å². The highest BCUT2D eigenvalue weighted by molar-refractivity contribution is 7.89. The van der Waals surface area contributed by atoms with Gasteiger partial charge >= 0.3 is 0 Å². The van der Waals surface area contributed by atoms with Gasteiger partial charge in [-0.1, -0.05) is 0 Å². The highest BCUT2D eigenvalue weighted by atomic mass is 32.2. The molecule has 0 radical (unpaired) electrons. The van der Waals surface area contributed by atoms with Crippen LogP contribution >= 0.6 is 11.3 Å². The van der Waals surface area contributed by atoms with E-state index < -0.39 is 28.3 Å². The van der Waals surface area contributed by atoms with Gasteiger partial charge in [0.15, 0.2) is 10.9 Å². The second-order valence-corrected chi connectivity index (χ2v) is 7.76. The smallest absolute Gasteiger partial charge is 0.243 e. The van der Waals surface area contributed by atoms with Crippen molar-refractivity contribution in [2.75, 3.05) is 18.9 Å². The van der Waals surface area contributed by atoms with E-state index >= 15 is 0 Å². The zero-order chi connectivity index (χ0) is 17.9. The van der Waals surface area contributed by atoms with Crippen LogP contribution in [0.15, 0.2) is 34.5 Å². The molecule has 0 fully saturated rings. The third kappa shape index (κ3) is 4.22. The van der Waals surface area contributed by atoms with Gasteiger partial charge in [0.1, 0.15) is 11.5 Å². The van der Waals surface area contributed by atoms with Crippen molar-refractivity contribution in [1.29, 1.82) is 0 Å². The molecule has 1 aromatic carbocycles. The summed E-state index contributed by atoms with van der Waals surface area (Å²) in [7, 11) is -2.68. The lowest BCUT2D eigenvalue weighted by Gasteiger charge is -2.16. The lowest BCUT2D eigenvalue weighted by Crippen LogP contribution is -2.34. The number of hydrogen-bond donors (Lipinski definition) is 1. The van der Waals surface area contributed by atoms with Crippen LogP contribution in [-0.2, 0) is 14.8 Å². The van der Waals surface area contributed by atoms with Crippen LogP contribution in [0.3, 0.4) is 0 Å². The summed E-state index contributed by atoms with van der Waals surface area (Å²) in [5.41, 5.74) is 0.225. The van der Waals surface area contributed by atoms with Gasteiger partial charge in [0.25, 0.3) is 0 Å². The normalized spacial score (nSPS) is 11.5. The zero-order valence-electron chi connectivity index (χ0n) is 12.8. The molecule has 0 spiro atoms. The summed E-state index contributed by atoms with van der Waals surface area (Å²) in [6, 6.07) is 4.30. The number of aromatic nitrogens is 1. The fourth-order valence-corrected chi connectivity index (χ4v) is 3.62. The number of amides is 1. The van der Waals surface area contributed by atoms with Gasteiger partial charge in [-0.15, -0.1) is 11.3 Å².